The third-order valence-corrected chi connectivity index (χ3v) is 5.37. The van der Waals surface area contributed by atoms with Crippen LogP contribution in [0.15, 0.2) is 78.2 Å². The van der Waals surface area contributed by atoms with Crippen molar-refractivity contribution < 1.29 is 4.74 Å². The zero-order chi connectivity index (χ0) is 20.1. The summed E-state index contributed by atoms with van der Waals surface area (Å²) in [7, 11) is 0. The SMILES string of the molecule is Cc1ccc(-n2c(SCCOc3ccccc3)nnc2-c2cccnc2)c(C)c1. The molecule has 0 saturated heterocycles. The second-order valence-corrected chi connectivity index (χ2v) is 7.75. The fraction of sp³-hybridized carbons (Fsp3) is 0.174. The molecule has 29 heavy (non-hydrogen) atoms. The van der Waals surface area contributed by atoms with E-state index in [2.05, 4.69) is 51.8 Å². The molecule has 0 unspecified atom stereocenters. The largest absolute Gasteiger partial charge is 0.493 e. The fourth-order valence-corrected chi connectivity index (χ4v) is 3.89. The quantitative estimate of drug-likeness (QED) is 0.317. The highest BCUT2D eigenvalue weighted by Crippen LogP contribution is 2.29. The van der Waals surface area contributed by atoms with Crippen LogP contribution < -0.4 is 4.74 Å². The van der Waals surface area contributed by atoms with Crippen LogP contribution in [0.1, 0.15) is 11.1 Å². The molecule has 0 saturated carbocycles. The number of nitrogens with zero attached hydrogens (tertiary/aromatic N) is 4. The van der Waals surface area contributed by atoms with Gasteiger partial charge in [0.25, 0.3) is 0 Å². The number of aryl methyl sites for hydroxylation is 2. The first-order chi connectivity index (χ1) is 14.2. The molecule has 0 bridgehead atoms. The van der Waals surface area contributed by atoms with Gasteiger partial charge in [-0.25, -0.2) is 0 Å². The van der Waals surface area contributed by atoms with Gasteiger partial charge in [-0.05, 0) is 49.7 Å². The van der Waals surface area contributed by atoms with Crippen molar-refractivity contribution in [3.63, 3.8) is 0 Å². The van der Waals surface area contributed by atoms with Crippen molar-refractivity contribution in [1.82, 2.24) is 19.7 Å². The van der Waals surface area contributed by atoms with Crippen molar-refractivity contribution in [2.75, 3.05) is 12.4 Å². The molecule has 0 aliphatic rings. The van der Waals surface area contributed by atoms with Gasteiger partial charge in [-0.2, -0.15) is 0 Å². The molecule has 2 heterocycles. The summed E-state index contributed by atoms with van der Waals surface area (Å²) in [5, 5.41) is 9.78. The summed E-state index contributed by atoms with van der Waals surface area (Å²) in [6.07, 6.45) is 3.58. The van der Waals surface area contributed by atoms with E-state index in [1.54, 1.807) is 18.0 Å². The average Bonchev–Trinajstić information content (AvgIpc) is 3.16. The van der Waals surface area contributed by atoms with Gasteiger partial charge < -0.3 is 4.74 Å². The van der Waals surface area contributed by atoms with Crippen LogP contribution in [0, 0.1) is 13.8 Å². The minimum atomic E-state index is 0.594. The summed E-state index contributed by atoms with van der Waals surface area (Å²) >= 11 is 1.63. The monoisotopic (exact) mass is 402 g/mol. The number of benzene rings is 2. The summed E-state index contributed by atoms with van der Waals surface area (Å²) in [6, 6.07) is 20.2. The van der Waals surface area contributed by atoms with Crippen molar-refractivity contribution >= 4 is 11.8 Å². The van der Waals surface area contributed by atoms with Crippen LogP contribution in [0.4, 0.5) is 0 Å². The lowest BCUT2D eigenvalue weighted by atomic mass is 10.1. The third-order valence-electron chi connectivity index (χ3n) is 4.47. The number of pyridine rings is 1. The Morgan fingerprint density at radius 3 is 2.59 bits per heavy atom. The Labute approximate surface area is 174 Å². The van der Waals surface area contributed by atoms with Crippen LogP contribution >= 0.6 is 11.8 Å². The second-order valence-electron chi connectivity index (χ2n) is 6.68. The van der Waals surface area contributed by atoms with E-state index in [0.717, 1.165) is 33.7 Å². The third kappa shape index (κ3) is 4.49. The van der Waals surface area contributed by atoms with E-state index in [4.69, 9.17) is 4.74 Å². The maximum Gasteiger partial charge on any atom is 0.196 e. The van der Waals surface area contributed by atoms with Crippen LogP contribution in [-0.2, 0) is 0 Å². The lowest BCUT2D eigenvalue weighted by molar-refractivity contribution is 0.344. The Bertz CT molecular complexity index is 1080. The van der Waals surface area contributed by atoms with E-state index in [1.807, 2.05) is 48.7 Å². The van der Waals surface area contributed by atoms with Crippen molar-refractivity contribution in [2.24, 2.45) is 0 Å². The molecule has 5 nitrogen and oxygen atoms in total. The topological polar surface area (TPSA) is 52.8 Å². The summed E-state index contributed by atoms with van der Waals surface area (Å²) in [6.45, 7) is 4.81. The molecule has 4 rings (SSSR count). The van der Waals surface area contributed by atoms with Gasteiger partial charge in [0, 0.05) is 23.7 Å². The summed E-state index contributed by atoms with van der Waals surface area (Å²) in [5.41, 5.74) is 4.42. The molecule has 0 aliphatic carbocycles. The van der Waals surface area contributed by atoms with E-state index < -0.39 is 0 Å². The summed E-state index contributed by atoms with van der Waals surface area (Å²) in [5.74, 6) is 2.43. The molecular weight excluding hydrogens is 380 g/mol. The predicted molar refractivity (Wildman–Crippen MR) is 117 cm³/mol. The lowest BCUT2D eigenvalue weighted by Crippen LogP contribution is -2.05. The number of ether oxygens (including phenoxy) is 1. The highest BCUT2D eigenvalue weighted by molar-refractivity contribution is 7.99. The average molecular weight is 403 g/mol. The Hall–Kier alpha value is -3.12. The Balaban J connectivity index is 1.61. The number of rotatable bonds is 7. The van der Waals surface area contributed by atoms with Gasteiger partial charge in [-0.15, -0.1) is 10.2 Å². The van der Waals surface area contributed by atoms with Gasteiger partial charge >= 0.3 is 0 Å². The van der Waals surface area contributed by atoms with Crippen molar-refractivity contribution in [3.8, 4) is 22.8 Å². The van der Waals surface area contributed by atoms with Crippen molar-refractivity contribution in [2.45, 2.75) is 19.0 Å². The van der Waals surface area contributed by atoms with E-state index in [1.165, 1.54) is 11.1 Å². The van der Waals surface area contributed by atoms with Gasteiger partial charge in [-0.3, -0.25) is 9.55 Å². The summed E-state index contributed by atoms with van der Waals surface area (Å²) in [4.78, 5) is 4.24. The highest BCUT2D eigenvalue weighted by atomic mass is 32.2. The summed E-state index contributed by atoms with van der Waals surface area (Å²) < 4.78 is 7.93. The standard InChI is InChI=1S/C23H22N4OS/c1-17-10-11-21(18(2)15-17)27-22(19-7-6-12-24-16-19)25-26-23(27)29-14-13-28-20-8-4-3-5-9-20/h3-12,15-16H,13-14H2,1-2H3. The van der Waals surface area contributed by atoms with Crippen molar-refractivity contribution in [3.05, 3.63) is 84.2 Å². The molecule has 0 atom stereocenters. The van der Waals surface area contributed by atoms with Crippen LogP contribution in [-0.4, -0.2) is 32.1 Å². The van der Waals surface area contributed by atoms with Gasteiger partial charge in [0.05, 0.1) is 12.3 Å². The molecule has 146 valence electrons. The van der Waals surface area contributed by atoms with Gasteiger partial charge in [-0.1, -0.05) is 47.7 Å². The van der Waals surface area contributed by atoms with Gasteiger partial charge in [0.15, 0.2) is 11.0 Å². The Morgan fingerprint density at radius 1 is 0.966 bits per heavy atom. The minimum Gasteiger partial charge on any atom is -0.493 e. The molecule has 0 N–H and O–H groups in total. The predicted octanol–water partition coefficient (Wildman–Crippen LogP) is 5.12. The normalized spacial score (nSPS) is 10.8. The molecule has 2 aromatic carbocycles. The van der Waals surface area contributed by atoms with Crippen LogP contribution in [0.25, 0.3) is 17.1 Å². The number of aromatic nitrogens is 4. The molecule has 0 amide bonds. The highest BCUT2D eigenvalue weighted by Gasteiger charge is 2.17. The van der Waals surface area contributed by atoms with E-state index >= 15 is 0 Å². The Kier molecular flexibility index (Phi) is 5.91. The van der Waals surface area contributed by atoms with Crippen LogP contribution in [0.5, 0.6) is 5.75 Å². The zero-order valence-corrected chi connectivity index (χ0v) is 17.3. The number of hydrogen-bond acceptors (Lipinski definition) is 5. The smallest absolute Gasteiger partial charge is 0.196 e. The lowest BCUT2D eigenvalue weighted by Gasteiger charge is -2.13. The minimum absolute atomic E-state index is 0.594. The first kappa shape index (κ1) is 19.2. The molecule has 6 heteroatoms. The van der Waals surface area contributed by atoms with E-state index in [-0.39, 0.29) is 0 Å². The van der Waals surface area contributed by atoms with E-state index in [9.17, 15) is 0 Å². The molecular formula is C23H22N4OS. The van der Waals surface area contributed by atoms with Crippen LogP contribution in [0.2, 0.25) is 0 Å². The molecule has 2 aromatic heterocycles. The first-order valence-corrected chi connectivity index (χ1v) is 10.4. The van der Waals surface area contributed by atoms with Crippen molar-refractivity contribution in [1.29, 1.82) is 0 Å². The maximum absolute atomic E-state index is 5.82. The molecule has 0 aliphatic heterocycles. The van der Waals surface area contributed by atoms with Crippen LogP contribution in [0.3, 0.4) is 0 Å². The zero-order valence-electron chi connectivity index (χ0n) is 16.4. The molecule has 0 fully saturated rings. The van der Waals surface area contributed by atoms with Gasteiger partial charge in [0.1, 0.15) is 5.75 Å². The molecule has 4 aromatic rings. The van der Waals surface area contributed by atoms with E-state index in [0.29, 0.717) is 6.61 Å². The van der Waals surface area contributed by atoms with Gasteiger partial charge in [0.2, 0.25) is 0 Å². The number of thioether (sulfide) groups is 1. The molecule has 0 spiro atoms. The first-order valence-electron chi connectivity index (χ1n) is 9.46. The number of para-hydroxylation sites is 1. The fourth-order valence-electron chi connectivity index (χ4n) is 3.13. The second kappa shape index (κ2) is 8.92. The Morgan fingerprint density at radius 2 is 1.83 bits per heavy atom. The maximum atomic E-state index is 5.82. The number of hydrogen-bond donors (Lipinski definition) is 0. The molecule has 0 radical (unpaired) electrons.